The van der Waals surface area contributed by atoms with Gasteiger partial charge in [0.05, 0.1) is 6.61 Å². The van der Waals surface area contributed by atoms with E-state index in [4.69, 9.17) is 28.9 Å². The van der Waals surface area contributed by atoms with Gasteiger partial charge in [0, 0.05) is 20.8 Å². The molecule has 0 saturated carbocycles. The second-order valence-electron chi connectivity index (χ2n) is 4.68. The Balaban J connectivity index is 2.19. The zero-order chi connectivity index (χ0) is 14.9. The molecule has 0 radical (unpaired) electrons. The van der Waals surface area contributed by atoms with E-state index in [0.717, 1.165) is 0 Å². The van der Waals surface area contributed by atoms with Crippen molar-refractivity contribution in [3.05, 3.63) is 0 Å². The molecule has 20 heavy (non-hydrogen) atoms. The minimum atomic E-state index is -1.49. The summed E-state index contributed by atoms with van der Waals surface area (Å²) >= 11 is 0. The highest BCUT2D eigenvalue weighted by Gasteiger charge is 2.55. The summed E-state index contributed by atoms with van der Waals surface area (Å²) in [7, 11) is 0. The third kappa shape index (κ3) is 2.90. The largest absolute Gasteiger partial charge is 0.456 e. The molecule has 2 fully saturated rings. The fourth-order valence-corrected chi connectivity index (χ4v) is 2.18. The van der Waals surface area contributed by atoms with E-state index in [1.165, 1.54) is 20.8 Å². The van der Waals surface area contributed by atoms with Crippen LogP contribution in [0.4, 0.5) is 0 Å². The summed E-state index contributed by atoms with van der Waals surface area (Å²) in [6.07, 6.45) is -3.37. The summed E-state index contributed by atoms with van der Waals surface area (Å²) < 4.78 is 26.3. The Morgan fingerprint density at radius 2 is 1.90 bits per heavy atom. The lowest BCUT2D eigenvalue weighted by Gasteiger charge is -2.35. The first kappa shape index (κ1) is 14.7. The topological polar surface area (TPSA) is 104 Å². The molecule has 0 aromatic carbocycles. The lowest BCUT2D eigenvalue weighted by Crippen LogP contribution is -2.54. The van der Waals surface area contributed by atoms with Gasteiger partial charge in [0.1, 0.15) is 6.07 Å². The van der Waals surface area contributed by atoms with Crippen molar-refractivity contribution in [2.75, 3.05) is 6.61 Å². The molecule has 8 heteroatoms. The average molecular weight is 285 g/mol. The summed E-state index contributed by atoms with van der Waals surface area (Å²) in [5.41, 5.74) is 0. The summed E-state index contributed by atoms with van der Waals surface area (Å²) in [6.45, 7) is 3.89. The van der Waals surface area contributed by atoms with Crippen LogP contribution >= 0.6 is 0 Å². The molecule has 0 aromatic rings. The Hall–Kier alpha value is -1.69. The first-order chi connectivity index (χ1) is 9.34. The number of esters is 2. The summed E-state index contributed by atoms with van der Waals surface area (Å²) in [5, 5.41) is 9.00. The Morgan fingerprint density at radius 1 is 1.25 bits per heavy atom. The minimum Gasteiger partial charge on any atom is -0.456 e. The molecule has 0 spiro atoms. The highest BCUT2D eigenvalue weighted by Crippen LogP contribution is 2.36. The van der Waals surface area contributed by atoms with E-state index < -0.39 is 42.3 Å². The molecule has 0 aromatic heterocycles. The Bertz CT molecular complexity index is 459. The van der Waals surface area contributed by atoms with E-state index >= 15 is 0 Å². The van der Waals surface area contributed by atoms with Crippen molar-refractivity contribution in [1.29, 1.82) is 5.26 Å². The number of hydrogen-bond donors (Lipinski definition) is 0. The van der Waals surface area contributed by atoms with Crippen molar-refractivity contribution in [3.8, 4) is 6.07 Å². The Kier molecular flexibility index (Phi) is 3.94. The predicted octanol–water partition coefficient (Wildman–Crippen LogP) is -0.139. The maximum Gasteiger partial charge on any atom is 0.303 e. The van der Waals surface area contributed by atoms with Gasteiger partial charge in [-0.2, -0.15) is 5.26 Å². The molecule has 8 nitrogen and oxygen atoms in total. The SMILES string of the molecule is CC(=O)O[C@H]1[C@H]2O[C@](C)(C#N)O[C@H]2OC[C@H]1OC(C)=O. The van der Waals surface area contributed by atoms with Crippen LogP contribution < -0.4 is 0 Å². The van der Waals surface area contributed by atoms with E-state index in [2.05, 4.69) is 0 Å². The van der Waals surface area contributed by atoms with Crippen molar-refractivity contribution < 1.29 is 33.3 Å². The fraction of sp³-hybridized carbons (Fsp3) is 0.750. The molecule has 2 saturated heterocycles. The third-order valence-electron chi connectivity index (χ3n) is 2.91. The van der Waals surface area contributed by atoms with Crippen molar-refractivity contribution in [2.24, 2.45) is 0 Å². The van der Waals surface area contributed by atoms with Gasteiger partial charge in [-0.1, -0.05) is 0 Å². The van der Waals surface area contributed by atoms with E-state index in [0.29, 0.717) is 0 Å². The van der Waals surface area contributed by atoms with Crippen molar-refractivity contribution in [1.82, 2.24) is 0 Å². The molecule has 0 unspecified atom stereocenters. The molecule has 2 aliphatic rings. The van der Waals surface area contributed by atoms with Crippen molar-refractivity contribution >= 4 is 11.9 Å². The van der Waals surface area contributed by atoms with Crippen LogP contribution in [0.1, 0.15) is 20.8 Å². The zero-order valence-corrected chi connectivity index (χ0v) is 11.3. The van der Waals surface area contributed by atoms with Gasteiger partial charge in [-0.25, -0.2) is 0 Å². The zero-order valence-electron chi connectivity index (χ0n) is 11.3. The summed E-state index contributed by atoms with van der Waals surface area (Å²) in [6, 6.07) is 1.85. The molecule has 2 aliphatic heterocycles. The molecule has 0 aliphatic carbocycles. The van der Waals surface area contributed by atoms with E-state index in [1.54, 1.807) is 0 Å². The average Bonchev–Trinajstić information content (AvgIpc) is 2.69. The first-order valence-electron chi connectivity index (χ1n) is 6.07. The number of nitriles is 1. The molecular weight excluding hydrogens is 270 g/mol. The summed E-state index contributed by atoms with van der Waals surface area (Å²) in [5.74, 6) is -2.57. The number of fused-ring (bicyclic) bond motifs is 1. The smallest absolute Gasteiger partial charge is 0.303 e. The number of ether oxygens (including phenoxy) is 5. The lowest BCUT2D eigenvalue weighted by atomic mass is 10.0. The van der Waals surface area contributed by atoms with Gasteiger partial charge >= 0.3 is 11.9 Å². The standard InChI is InChI=1S/C12H15NO7/c1-6(14)17-8-4-16-11-10(9(8)18-7(2)15)19-12(3,5-13)20-11/h8-11H,4H2,1-3H3/t8-,9-,10-,11-,12+/m1/s1. The van der Waals surface area contributed by atoms with Gasteiger partial charge in [0.25, 0.3) is 5.79 Å². The highest BCUT2D eigenvalue weighted by molar-refractivity contribution is 5.67. The second kappa shape index (κ2) is 5.36. The van der Waals surface area contributed by atoms with Crippen LogP contribution in [0.5, 0.6) is 0 Å². The summed E-state index contributed by atoms with van der Waals surface area (Å²) in [4.78, 5) is 22.3. The quantitative estimate of drug-likeness (QED) is 0.646. The third-order valence-corrected chi connectivity index (χ3v) is 2.91. The van der Waals surface area contributed by atoms with E-state index in [1.807, 2.05) is 6.07 Å². The Morgan fingerprint density at radius 3 is 2.45 bits per heavy atom. The molecule has 2 heterocycles. The fourth-order valence-electron chi connectivity index (χ4n) is 2.18. The molecule has 0 amide bonds. The van der Waals surface area contributed by atoms with E-state index in [-0.39, 0.29) is 6.61 Å². The van der Waals surface area contributed by atoms with Crippen LogP contribution in [0.3, 0.4) is 0 Å². The van der Waals surface area contributed by atoms with Crippen LogP contribution in [0.25, 0.3) is 0 Å². The monoisotopic (exact) mass is 285 g/mol. The second-order valence-corrected chi connectivity index (χ2v) is 4.68. The van der Waals surface area contributed by atoms with Gasteiger partial charge in [0.15, 0.2) is 24.6 Å². The van der Waals surface area contributed by atoms with E-state index in [9.17, 15) is 9.59 Å². The van der Waals surface area contributed by atoms with Crippen molar-refractivity contribution in [3.63, 3.8) is 0 Å². The molecule has 2 rings (SSSR count). The maximum absolute atomic E-state index is 11.2. The lowest BCUT2D eigenvalue weighted by molar-refractivity contribution is -0.230. The van der Waals surface area contributed by atoms with Crippen LogP contribution in [-0.4, -0.2) is 48.9 Å². The number of hydrogen-bond acceptors (Lipinski definition) is 8. The first-order valence-corrected chi connectivity index (χ1v) is 6.07. The number of carbonyl (C=O) groups is 2. The van der Waals surface area contributed by atoms with Crippen LogP contribution in [-0.2, 0) is 33.3 Å². The number of nitrogens with zero attached hydrogens (tertiary/aromatic N) is 1. The Labute approximate surface area is 115 Å². The predicted molar refractivity (Wildman–Crippen MR) is 60.8 cm³/mol. The molecule has 110 valence electrons. The molecule has 0 bridgehead atoms. The molecule has 0 N–H and O–H groups in total. The van der Waals surface area contributed by atoms with Gasteiger partial charge in [-0.05, 0) is 0 Å². The van der Waals surface area contributed by atoms with Gasteiger partial charge in [0.2, 0.25) is 0 Å². The number of rotatable bonds is 2. The van der Waals surface area contributed by atoms with Crippen LogP contribution in [0.15, 0.2) is 0 Å². The van der Waals surface area contributed by atoms with Crippen LogP contribution in [0, 0.1) is 11.3 Å². The number of carbonyl (C=O) groups excluding carboxylic acids is 2. The van der Waals surface area contributed by atoms with Crippen molar-refractivity contribution in [2.45, 2.75) is 51.2 Å². The highest BCUT2D eigenvalue weighted by atomic mass is 16.8. The van der Waals surface area contributed by atoms with Gasteiger partial charge in [-0.15, -0.1) is 0 Å². The van der Waals surface area contributed by atoms with Gasteiger partial charge < -0.3 is 23.7 Å². The normalized spacial score (nSPS) is 39.5. The van der Waals surface area contributed by atoms with Gasteiger partial charge in [-0.3, -0.25) is 9.59 Å². The van der Waals surface area contributed by atoms with Crippen LogP contribution in [0.2, 0.25) is 0 Å². The maximum atomic E-state index is 11.2. The molecular formula is C12H15NO7. The molecule has 5 atom stereocenters. The minimum absolute atomic E-state index is 0.0104.